The van der Waals surface area contributed by atoms with Crippen LogP contribution >= 0.6 is 23.2 Å². The monoisotopic (exact) mass is 1790 g/mol. The fourth-order valence-electron chi connectivity index (χ4n) is 15.6. The molecule has 0 aromatic heterocycles. The predicted octanol–water partition coefficient (Wildman–Crippen LogP) is 17.2. The summed E-state index contributed by atoms with van der Waals surface area (Å²) in [5.74, 6) is -3.49. The molecule has 28 heteroatoms. The Morgan fingerprint density at radius 1 is 0.403 bits per heavy atom. The Morgan fingerprint density at radius 3 is 1.21 bits per heavy atom. The van der Waals surface area contributed by atoms with E-state index in [0.717, 1.165) is 32.7 Å². The minimum absolute atomic E-state index is 0.00430. The summed E-state index contributed by atoms with van der Waals surface area (Å²) in [6.07, 6.45) is -20.1. The molecule has 16 atom stereocenters. The van der Waals surface area contributed by atoms with Crippen molar-refractivity contribution in [2.75, 3.05) is 26.4 Å². The van der Waals surface area contributed by atoms with Gasteiger partial charge in [0.05, 0.1) is 99.4 Å². The molecule has 3 amide bonds. The van der Waals surface area contributed by atoms with Gasteiger partial charge in [-0.05, 0) is 86.8 Å². The number of fused-ring (bicyclic) bond motifs is 1. The van der Waals surface area contributed by atoms with E-state index in [1.807, 2.05) is 231 Å². The first-order chi connectivity index (χ1) is 63.2. The molecule has 3 saturated heterocycles. The van der Waals surface area contributed by atoms with Crippen LogP contribution in [0.1, 0.15) is 86.7 Å². The highest BCUT2D eigenvalue weighted by atomic mass is 35.5. The third-order valence-electron chi connectivity index (χ3n) is 22.2. The normalized spacial score (nSPS) is 22.7. The first-order valence-electron chi connectivity index (χ1n) is 42.5. The van der Waals surface area contributed by atoms with Crippen LogP contribution in [0.25, 0.3) is 10.4 Å². The molecule has 11 aromatic rings. The van der Waals surface area contributed by atoms with Crippen LogP contribution < -0.4 is 5.32 Å². The second kappa shape index (κ2) is 46.4. The molecule has 4 aliphatic rings. The van der Waals surface area contributed by atoms with E-state index in [0.29, 0.717) is 27.8 Å². The summed E-state index contributed by atoms with van der Waals surface area (Å²) >= 11 is 13.6. The molecule has 0 bridgehead atoms. The van der Waals surface area contributed by atoms with Gasteiger partial charge in [-0.15, -0.1) is 0 Å². The van der Waals surface area contributed by atoms with Crippen molar-refractivity contribution in [3.05, 3.63) is 402 Å². The highest BCUT2D eigenvalue weighted by Crippen LogP contribution is 2.42. The number of rotatable bonds is 41. The maximum absolute atomic E-state index is 16.1. The molecule has 0 unspecified atom stereocenters. The van der Waals surface area contributed by atoms with Gasteiger partial charge in [-0.2, -0.15) is 0 Å². The summed E-state index contributed by atoms with van der Waals surface area (Å²) in [6.45, 7) is -0.674. The number of esters is 2. The number of benzene rings is 11. The summed E-state index contributed by atoms with van der Waals surface area (Å²) < 4.78 is 111. The minimum atomic E-state index is -1.84. The number of imide groups is 1. The van der Waals surface area contributed by atoms with Crippen LogP contribution in [-0.2, 0) is 140 Å². The zero-order valence-corrected chi connectivity index (χ0v) is 72.0. The summed E-state index contributed by atoms with van der Waals surface area (Å²) in [5.41, 5.74) is 18.0. The number of azide groups is 1. The number of carbonyl (C=O) groups is 5. The fourth-order valence-corrected chi connectivity index (χ4v) is 15.9. The van der Waals surface area contributed by atoms with Crippen molar-refractivity contribution in [1.29, 1.82) is 0 Å². The Hall–Kier alpha value is -11.9. The number of nitrogens with one attached hydrogen (secondary N) is 1. The van der Waals surface area contributed by atoms with E-state index in [1.165, 1.54) is 12.1 Å². The van der Waals surface area contributed by atoms with Gasteiger partial charge in [0.15, 0.2) is 31.0 Å². The van der Waals surface area contributed by atoms with Gasteiger partial charge in [0.25, 0.3) is 11.8 Å². The third kappa shape index (κ3) is 25.0. The van der Waals surface area contributed by atoms with Crippen LogP contribution in [0.3, 0.4) is 0 Å². The first kappa shape index (κ1) is 91.9. The minimum Gasteiger partial charge on any atom is -0.459 e. The van der Waals surface area contributed by atoms with Crippen LogP contribution in [0, 0.1) is 6.92 Å². The van der Waals surface area contributed by atoms with Crippen molar-refractivity contribution in [1.82, 2.24) is 10.2 Å². The number of hydrogen-bond donors (Lipinski definition) is 1. The van der Waals surface area contributed by atoms with E-state index in [2.05, 4.69) is 15.3 Å². The van der Waals surface area contributed by atoms with Gasteiger partial charge in [0.2, 0.25) is 0 Å². The van der Waals surface area contributed by atoms with Crippen molar-refractivity contribution in [2.24, 2.45) is 5.11 Å². The van der Waals surface area contributed by atoms with E-state index in [-0.39, 0.29) is 99.4 Å². The number of alkyl carbamates (subject to hydrolysis) is 1. The summed E-state index contributed by atoms with van der Waals surface area (Å²) in [7, 11) is 0. The zero-order valence-electron chi connectivity index (χ0n) is 70.5. The number of hydrogen-bond acceptors (Lipinski definition) is 22. The molecule has 4 aliphatic heterocycles. The van der Waals surface area contributed by atoms with E-state index in [4.69, 9.17) is 99.0 Å². The Kier molecular flexibility index (Phi) is 33.1. The maximum atomic E-state index is 16.1. The molecule has 3 fully saturated rings. The van der Waals surface area contributed by atoms with Crippen LogP contribution in [0.4, 0.5) is 4.79 Å². The molecule has 0 spiro atoms. The lowest BCUT2D eigenvalue weighted by Crippen LogP contribution is -2.69. The number of halogens is 2. The predicted molar refractivity (Wildman–Crippen MR) is 474 cm³/mol. The zero-order chi connectivity index (χ0) is 89.1. The van der Waals surface area contributed by atoms with Gasteiger partial charge >= 0.3 is 18.0 Å². The lowest BCUT2D eigenvalue weighted by atomic mass is 9.93. The van der Waals surface area contributed by atoms with Crippen molar-refractivity contribution in [3.63, 3.8) is 0 Å². The van der Waals surface area contributed by atoms with Gasteiger partial charge in [-0.3, -0.25) is 14.5 Å². The Balaban J connectivity index is 0.859. The number of aryl methyl sites for hydroxylation is 1. The van der Waals surface area contributed by atoms with Gasteiger partial charge < -0.3 is 81.1 Å². The van der Waals surface area contributed by atoms with E-state index in [9.17, 15) is 15.1 Å². The van der Waals surface area contributed by atoms with Crippen LogP contribution in [0.15, 0.2) is 314 Å². The molecular weight excluding hydrogens is 1690 g/mol. The lowest BCUT2D eigenvalue weighted by Gasteiger charge is -2.51. The Morgan fingerprint density at radius 2 is 0.767 bits per heavy atom. The number of nitrogens with zero attached hydrogens (tertiary/aromatic N) is 4. The smallest absolute Gasteiger partial charge is 0.408 e. The molecule has 666 valence electrons. The molecule has 11 aromatic carbocycles. The quantitative estimate of drug-likeness (QED) is 0.00929. The Bertz CT molecular complexity index is 5410. The summed E-state index contributed by atoms with van der Waals surface area (Å²) in [5, 5.41) is 6.85. The van der Waals surface area contributed by atoms with E-state index >= 15 is 14.4 Å². The van der Waals surface area contributed by atoms with Gasteiger partial charge in [0, 0.05) is 4.91 Å². The largest absolute Gasteiger partial charge is 0.459 e. The Labute approximate surface area is 756 Å². The fraction of sp³-hybridized carbons (Fsp3) is 0.297. The van der Waals surface area contributed by atoms with Crippen molar-refractivity contribution in [3.8, 4) is 0 Å². The molecule has 129 heavy (non-hydrogen) atoms. The van der Waals surface area contributed by atoms with Crippen molar-refractivity contribution >= 4 is 53.0 Å². The van der Waals surface area contributed by atoms with E-state index < -0.39 is 141 Å². The molecule has 0 radical (unpaired) electrons. The highest BCUT2D eigenvalue weighted by molar-refractivity contribution is 6.43. The number of carbonyl (C=O) groups excluding carboxylic acids is 5. The molecule has 26 nitrogen and oxygen atoms in total. The molecule has 0 saturated carbocycles. The number of ether oxygens (including phenoxy) is 16. The lowest BCUT2D eigenvalue weighted by molar-refractivity contribution is -0.365. The van der Waals surface area contributed by atoms with Crippen LogP contribution in [-0.4, -0.2) is 159 Å². The van der Waals surface area contributed by atoms with E-state index in [1.54, 1.807) is 72.8 Å². The first-order valence-corrected chi connectivity index (χ1v) is 43.2. The average molecular weight is 1790 g/mol. The SMILES string of the molecule is Cc1ccc(C(=O)O[C@H]2[C@H](O[C@H]3[C@H](OCc4ccccc4)[C@@H](N4C(=O)c5cc(Cl)c(Cl)cc5C4=O)[C@H](OC[C@H]4O[C@H](OC[C@H](NC(=O)OCc5ccccc5)C(=O)OCc5ccccc5)[C@H](N=[N+]=[N-])[C@@H](OCc5ccccc5)[C@H]4OCc4ccccc4)O[C@@H]3COCc3ccccc3)O[C@H](COCc3ccccc3)[C@H](OCc3ccccc3)[C@@H]2OCc2ccccc2)cc1. The van der Waals surface area contributed by atoms with Crippen LogP contribution in [0.2, 0.25) is 10.0 Å². The van der Waals surface area contributed by atoms with Gasteiger partial charge in [-0.25, -0.2) is 14.4 Å². The topological polar surface area (TPSA) is 297 Å². The number of amides is 3. The molecule has 4 heterocycles. The summed E-state index contributed by atoms with van der Waals surface area (Å²) in [4.78, 5) is 80.4. The van der Waals surface area contributed by atoms with Crippen molar-refractivity contribution in [2.45, 2.75) is 164 Å². The van der Waals surface area contributed by atoms with Gasteiger partial charge in [-0.1, -0.05) is 319 Å². The van der Waals surface area contributed by atoms with Crippen LogP contribution in [0.5, 0.6) is 0 Å². The second-order valence-corrected chi connectivity index (χ2v) is 32.1. The highest BCUT2D eigenvalue weighted by Gasteiger charge is 2.60. The average Bonchev–Trinajstić information content (AvgIpc) is 1.52. The molecular formula is C101H97Cl2N5O21. The molecule has 1 N–H and O–H groups in total. The van der Waals surface area contributed by atoms with Gasteiger partial charge in [0.1, 0.15) is 80.2 Å². The second-order valence-electron chi connectivity index (χ2n) is 31.3. The maximum Gasteiger partial charge on any atom is 0.408 e. The summed E-state index contributed by atoms with van der Waals surface area (Å²) in [6, 6.07) is 87.9. The van der Waals surface area contributed by atoms with Crippen molar-refractivity contribution < 1.29 is 99.8 Å². The standard InChI is InChI=1S/C101H97Cl2N5O21/c1-66-47-49-76(50-48-66)96(111)128-93-92(120-59-73-41-23-8-24-42-73)88(117-56-70-35-17-5-18-36-70)82(63-114-53-67-29-11-2-12-30-67)127-100(93)129-89-83(64-115-54-68-31-13-3-14-32-68)126-99(86(91(89)119-58-72-39-21-7-22-40-72)108-94(109)77-51-79(102)80(103)52-78(77)95(108)110)123-65-84-87(116-55-69-33-15-4-16-34-69)90(118-57-71-37-19-6-20-38-71)85(106-107-104)98(125-84)122-62-81(97(112)121-60-74-43-25-9-26-44-74)105-101(113)124-61-75-45-27-10-28-46-75/h2-52,81-93,98-100H,53-65H2,1H3,(H,105,113)/t81-,82+,83+,84+,85+,86+,87-,88-,89+,90+,91+,92-,93+,98-,99+,100-/m0/s1. The molecule has 0 aliphatic carbocycles. The third-order valence-corrected chi connectivity index (χ3v) is 22.9. The molecule has 15 rings (SSSR count).